The summed E-state index contributed by atoms with van der Waals surface area (Å²) in [7, 11) is 0. The summed E-state index contributed by atoms with van der Waals surface area (Å²) in [4.78, 5) is 13.9. The van der Waals surface area contributed by atoms with E-state index in [9.17, 15) is 4.79 Å². The van der Waals surface area contributed by atoms with Crippen molar-refractivity contribution in [1.29, 1.82) is 0 Å². The van der Waals surface area contributed by atoms with Crippen LogP contribution in [0, 0.1) is 0 Å². The number of ether oxygens (including phenoxy) is 2. The molecule has 0 atom stereocenters. The second-order valence-electron chi connectivity index (χ2n) is 4.27. The molecule has 18 heavy (non-hydrogen) atoms. The first-order valence-corrected chi connectivity index (χ1v) is 6.43. The number of para-hydroxylation sites is 2. The molecule has 0 spiro atoms. The first-order chi connectivity index (χ1) is 8.83. The molecule has 1 amide bonds. The molecule has 2 rings (SSSR count). The average Bonchev–Trinajstić information content (AvgIpc) is 2.61. The van der Waals surface area contributed by atoms with Crippen LogP contribution in [0.25, 0.3) is 0 Å². The molecule has 0 N–H and O–H groups in total. The van der Waals surface area contributed by atoms with Gasteiger partial charge in [0.1, 0.15) is 12.4 Å². The Morgan fingerprint density at radius 1 is 1.44 bits per heavy atom. The number of hydrogen-bond acceptors (Lipinski definition) is 3. The number of rotatable bonds is 4. The van der Waals surface area contributed by atoms with Gasteiger partial charge in [-0.05, 0) is 25.0 Å². The first kappa shape index (κ1) is 12.9. The van der Waals surface area contributed by atoms with Crippen molar-refractivity contribution in [2.75, 3.05) is 31.3 Å². The van der Waals surface area contributed by atoms with Gasteiger partial charge in [-0.25, -0.2) is 0 Å². The maximum Gasteiger partial charge on any atom is 0.253 e. The van der Waals surface area contributed by atoms with E-state index < -0.39 is 0 Å². The van der Waals surface area contributed by atoms with Crippen LogP contribution in [0.2, 0.25) is 0 Å². The highest BCUT2D eigenvalue weighted by Gasteiger charge is 2.21. The summed E-state index contributed by atoms with van der Waals surface area (Å²) in [6.07, 6.45) is 1.77. The van der Waals surface area contributed by atoms with Gasteiger partial charge in [-0.1, -0.05) is 19.1 Å². The van der Waals surface area contributed by atoms with Gasteiger partial charge in [0, 0.05) is 13.2 Å². The van der Waals surface area contributed by atoms with Gasteiger partial charge < -0.3 is 14.4 Å². The Labute approximate surface area is 107 Å². The number of carbonyl (C=O) groups excluding carboxylic acids is 1. The normalized spacial score (nSPS) is 14.6. The van der Waals surface area contributed by atoms with Gasteiger partial charge >= 0.3 is 0 Å². The van der Waals surface area contributed by atoms with Crippen LogP contribution in [-0.4, -0.2) is 32.3 Å². The molecular weight excluding hydrogens is 230 g/mol. The lowest BCUT2D eigenvalue weighted by atomic mass is 10.2. The van der Waals surface area contributed by atoms with Crippen molar-refractivity contribution >= 4 is 11.6 Å². The van der Waals surface area contributed by atoms with Crippen LogP contribution in [0.3, 0.4) is 0 Å². The minimum Gasteiger partial charge on any atom is -0.491 e. The maximum atomic E-state index is 12.1. The van der Waals surface area contributed by atoms with Crippen LogP contribution in [0.1, 0.15) is 19.8 Å². The van der Waals surface area contributed by atoms with Gasteiger partial charge in [0.2, 0.25) is 0 Å². The van der Waals surface area contributed by atoms with Crippen molar-refractivity contribution in [3.05, 3.63) is 24.3 Å². The molecule has 1 aliphatic rings. The molecule has 0 saturated heterocycles. The lowest BCUT2D eigenvalue weighted by molar-refractivity contribution is -0.123. The van der Waals surface area contributed by atoms with Crippen molar-refractivity contribution in [2.24, 2.45) is 0 Å². The molecule has 0 radical (unpaired) electrons. The number of carbonyl (C=O) groups is 1. The molecule has 0 aliphatic carbocycles. The van der Waals surface area contributed by atoms with E-state index in [0.717, 1.165) is 24.3 Å². The van der Waals surface area contributed by atoms with Crippen molar-refractivity contribution in [3.63, 3.8) is 0 Å². The minimum atomic E-state index is 0.00130. The molecule has 1 aliphatic heterocycles. The Morgan fingerprint density at radius 3 is 3.11 bits per heavy atom. The van der Waals surface area contributed by atoms with Crippen LogP contribution in [-0.2, 0) is 9.53 Å². The number of fused-ring (bicyclic) bond motifs is 1. The third-order valence-corrected chi connectivity index (χ3v) is 2.81. The summed E-state index contributed by atoms with van der Waals surface area (Å²) >= 11 is 0. The highest BCUT2D eigenvalue weighted by molar-refractivity contribution is 5.95. The molecule has 1 aromatic carbocycles. The smallest absolute Gasteiger partial charge is 0.253 e. The predicted molar refractivity (Wildman–Crippen MR) is 70.0 cm³/mol. The predicted octanol–water partition coefficient (Wildman–Crippen LogP) is 2.23. The highest BCUT2D eigenvalue weighted by atomic mass is 16.5. The monoisotopic (exact) mass is 249 g/mol. The molecular formula is C14H19NO3. The number of amides is 1. The van der Waals surface area contributed by atoms with E-state index in [1.165, 1.54) is 0 Å². The summed E-state index contributed by atoms with van der Waals surface area (Å²) in [5.74, 6) is 0.778. The zero-order valence-electron chi connectivity index (χ0n) is 10.7. The second-order valence-corrected chi connectivity index (χ2v) is 4.27. The molecule has 1 heterocycles. The Balaban J connectivity index is 2.09. The first-order valence-electron chi connectivity index (χ1n) is 6.43. The lowest BCUT2D eigenvalue weighted by Gasteiger charge is -2.21. The van der Waals surface area contributed by atoms with Gasteiger partial charge in [0.15, 0.2) is 0 Å². The van der Waals surface area contributed by atoms with E-state index >= 15 is 0 Å². The van der Waals surface area contributed by atoms with E-state index in [1.54, 1.807) is 4.90 Å². The highest BCUT2D eigenvalue weighted by Crippen LogP contribution is 2.30. The van der Waals surface area contributed by atoms with Gasteiger partial charge in [0.05, 0.1) is 12.3 Å². The standard InChI is InChI=1S/C14H19NO3/c1-2-9-17-11-14(16)15-8-5-10-18-13-7-4-3-6-12(13)15/h3-4,6-7H,2,5,8-11H2,1H3. The SMILES string of the molecule is CCCOCC(=O)N1CCCOc2ccccc21. The Morgan fingerprint density at radius 2 is 2.28 bits per heavy atom. The van der Waals surface area contributed by atoms with Gasteiger partial charge in [0.25, 0.3) is 5.91 Å². The summed E-state index contributed by atoms with van der Waals surface area (Å²) in [5, 5.41) is 0. The molecule has 0 aromatic heterocycles. The van der Waals surface area contributed by atoms with E-state index in [2.05, 4.69) is 0 Å². The molecule has 4 heteroatoms. The fourth-order valence-electron chi connectivity index (χ4n) is 1.97. The largest absolute Gasteiger partial charge is 0.491 e. The van der Waals surface area contributed by atoms with Crippen molar-refractivity contribution in [2.45, 2.75) is 19.8 Å². The average molecular weight is 249 g/mol. The number of anilines is 1. The quantitative estimate of drug-likeness (QED) is 0.768. The number of hydrogen-bond donors (Lipinski definition) is 0. The Kier molecular flexibility index (Phi) is 4.59. The zero-order valence-corrected chi connectivity index (χ0v) is 10.7. The van der Waals surface area contributed by atoms with Crippen LogP contribution < -0.4 is 9.64 Å². The fraction of sp³-hybridized carbons (Fsp3) is 0.500. The number of benzene rings is 1. The third-order valence-electron chi connectivity index (χ3n) is 2.81. The van der Waals surface area contributed by atoms with Crippen molar-refractivity contribution in [1.82, 2.24) is 0 Å². The van der Waals surface area contributed by atoms with E-state index in [-0.39, 0.29) is 12.5 Å². The number of nitrogens with zero attached hydrogens (tertiary/aromatic N) is 1. The van der Waals surface area contributed by atoms with Crippen LogP contribution >= 0.6 is 0 Å². The van der Waals surface area contributed by atoms with Gasteiger partial charge in [-0.2, -0.15) is 0 Å². The molecule has 0 bridgehead atoms. The van der Waals surface area contributed by atoms with Gasteiger partial charge in [-0.15, -0.1) is 0 Å². The summed E-state index contributed by atoms with van der Waals surface area (Å²) in [6.45, 7) is 4.13. The van der Waals surface area contributed by atoms with Crippen LogP contribution in [0.5, 0.6) is 5.75 Å². The molecule has 1 aromatic rings. The second kappa shape index (κ2) is 6.40. The van der Waals surface area contributed by atoms with E-state index in [0.29, 0.717) is 19.8 Å². The Hall–Kier alpha value is -1.55. The molecule has 0 fully saturated rings. The molecule has 98 valence electrons. The van der Waals surface area contributed by atoms with E-state index in [4.69, 9.17) is 9.47 Å². The van der Waals surface area contributed by atoms with E-state index in [1.807, 2.05) is 31.2 Å². The summed E-state index contributed by atoms with van der Waals surface area (Å²) in [6, 6.07) is 7.65. The summed E-state index contributed by atoms with van der Waals surface area (Å²) < 4.78 is 10.9. The molecule has 0 saturated carbocycles. The topological polar surface area (TPSA) is 38.8 Å². The molecule has 4 nitrogen and oxygen atoms in total. The minimum absolute atomic E-state index is 0.00130. The Bertz CT molecular complexity index is 406. The van der Waals surface area contributed by atoms with Crippen molar-refractivity contribution < 1.29 is 14.3 Å². The third kappa shape index (κ3) is 3.01. The fourth-order valence-corrected chi connectivity index (χ4v) is 1.97. The van der Waals surface area contributed by atoms with Crippen LogP contribution in [0.4, 0.5) is 5.69 Å². The lowest BCUT2D eigenvalue weighted by Crippen LogP contribution is -2.34. The maximum absolute atomic E-state index is 12.1. The summed E-state index contributed by atoms with van der Waals surface area (Å²) in [5.41, 5.74) is 0.847. The molecule has 0 unspecified atom stereocenters. The van der Waals surface area contributed by atoms with Crippen molar-refractivity contribution in [3.8, 4) is 5.75 Å². The van der Waals surface area contributed by atoms with Crippen LogP contribution in [0.15, 0.2) is 24.3 Å². The zero-order chi connectivity index (χ0) is 12.8. The van der Waals surface area contributed by atoms with Gasteiger partial charge in [-0.3, -0.25) is 4.79 Å².